The Morgan fingerprint density at radius 3 is 3.15 bits per heavy atom. The number of carbonyl (C=O) groups excluding carboxylic acids is 1. The lowest BCUT2D eigenvalue weighted by Gasteiger charge is -2.00. The van der Waals surface area contributed by atoms with E-state index in [0.29, 0.717) is 17.6 Å². The van der Waals surface area contributed by atoms with Crippen molar-refractivity contribution in [1.82, 2.24) is 20.2 Å². The number of aromatic nitrogens is 4. The Kier molecular flexibility index (Phi) is 1.55. The molecule has 0 atom stereocenters. The molecule has 0 fully saturated rings. The predicted octanol–water partition coefficient (Wildman–Crippen LogP) is -0.497. The number of carbonyl (C=O) groups is 1. The SMILES string of the molecule is Nc1nc2[nH]ncc2nc1NC=O. The van der Waals surface area contributed by atoms with Crippen LogP contribution in [0.1, 0.15) is 0 Å². The Morgan fingerprint density at radius 2 is 2.38 bits per heavy atom. The van der Waals surface area contributed by atoms with Crippen molar-refractivity contribution in [3.8, 4) is 0 Å². The van der Waals surface area contributed by atoms with Crippen molar-refractivity contribution >= 4 is 29.2 Å². The molecule has 0 aliphatic heterocycles. The zero-order valence-electron chi connectivity index (χ0n) is 6.48. The number of nitrogens with one attached hydrogen (secondary N) is 2. The van der Waals surface area contributed by atoms with Gasteiger partial charge in [-0.25, -0.2) is 9.97 Å². The highest BCUT2D eigenvalue weighted by Crippen LogP contribution is 2.15. The summed E-state index contributed by atoms with van der Waals surface area (Å²) in [5.74, 6) is 0.396. The van der Waals surface area contributed by atoms with Gasteiger partial charge >= 0.3 is 0 Å². The topological polar surface area (TPSA) is 110 Å². The lowest BCUT2D eigenvalue weighted by molar-refractivity contribution is -0.105. The first-order valence-corrected chi connectivity index (χ1v) is 3.48. The van der Waals surface area contributed by atoms with Crippen molar-refractivity contribution in [2.45, 2.75) is 0 Å². The number of fused-ring (bicyclic) bond motifs is 1. The lowest BCUT2D eigenvalue weighted by Crippen LogP contribution is -2.03. The second-order valence-corrected chi connectivity index (χ2v) is 2.32. The number of rotatable bonds is 2. The van der Waals surface area contributed by atoms with Crippen LogP contribution in [0.25, 0.3) is 11.2 Å². The predicted molar refractivity (Wildman–Crippen MR) is 45.8 cm³/mol. The second-order valence-electron chi connectivity index (χ2n) is 2.32. The quantitative estimate of drug-likeness (QED) is 0.537. The summed E-state index contributed by atoms with van der Waals surface area (Å²) in [5, 5.41) is 8.67. The van der Waals surface area contributed by atoms with Gasteiger partial charge in [0.05, 0.1) is 6.20 Å². The average molecular weight is 178 g/mol. The highest BCUT2D eigenvalue weighted by molar-refractivity contribution is 5.81. The van der Waals surface area contributed by atoms with E-state index in [1.54, 1.807) is 0 Å². The van der Waals surface area contributed by atoms with Crippen molar-refractivity contribution in [1.29, 1.82) is 0 Å². The molecule has 0 unspecified atom stereocenters. The molecule has 0 bridgehead atoms. The molecule has 0 radical (unpaired) electrons. The number of hydrogen-bond donors (Lipinski definition) is 3. The third kappa shape index (κ3) is 1.15. The minimum Gasteiger partial charge on any atom is -0.381 e. The Bertz CT molecular complexity index is 449. The Hall–Kier alpha value is -2.18. The highest BCUT2D eigenvalue weighted by atomic mass is 16.1. The summed E-state index contributed by atoms with van der Waals surface area (Å²) in [6.07, 6.45) is 1.99. The van der Waals surface area contributed by atoms with Gasteiger partial charge in [0.25, 0.3) is 0 Å². The van der Waals surface area contributed by atoms with E-state index in [1.165, 1.54) is 6.20 Å². The Balaban J connectivity index is 2.62. The van der Waals surface area contributed by atoms with Crippen LogP contribution in [0.15, 0.2) is 6.20 Å². The molecular weight excluding hydrogens is 172 g/mol. The zero-order valence-corrected chi connectivity index (χ0v) is 6.48. The highest BCUT2D eigenvalue weighted by Gasteiger charge is 2.05. The molecule has 0 saturated carbocycles. The fraction of sp³-hybridized carbons (Fsp3) is 0. The number of hydrogen-bond acceptors (Lipinski definition) is 5. The van der Waals surface area contributed by atoms with E-state index in [0.717, 1.165) is 0 Å². The van der Waals surface area contributed by atoms with Crippen molar-refractivity contribution in [3.05, 3.63) is 6.20 Å². The summed E-state index contributed by atoms with van der Waals surface area (Å²) in [5.41, 5.74) is 6.54. The molecule has 2 aromatic rings. The van der Waals surface area contributed by atoms with Gasteiger partial charge in [-0.15, -0.1) is 0 Å². The number of anilines is 2. The van der Waals surface area contributed by atoms with Gasteiger partial charge in [0, 0.05) is 0 Å². The summed E-state index contributed by atoms with van der Waals surface area (Å²) >= 11 is 0. The molecule has 0 aromatic carbocycles. The van der Waals surface area contributed by atoms with Crippen LogP contribution in [0.4, 0.5) is 11.6 Å². The van der Waals surface area contributed by atoms with Crippen LogP contribution >= 0.6 is 0 Å². The van der Waals surface area contributed by atoms with Gasteiger partial charge in [-0.05, 0) is 0 Å². The Morgan fingerprint density at radius 1 is 1.54 bits per heavy atom. The molecule has 1 amide bonds. The number of amides is 1. The van der Waals surface area contributed by atoms with Gasteiger partial charge in [-0.1, -0.05) is 0 Å². The summed E-state index contributed by atoms with van der Waals surface area (Å²) in [6, 6.07) is 0. The molecule has 2 aromatic heterocycles. The zero-order chi connectivity index (χ0) is 9.26. The first-order valence-electron chi connectivity index (χ1n) is 3.48. The number of H-pyrrole nitrogens is 1. The minimum absolute atomic E-state index is 0.156. The maximum absolute atomic E-state index is 10.1. The van der Waals surface area contributed by atoms with Crippen LogP contribution in [0.3, 0.4) is 0 Å². The standard InChI is InChI=1S/C6H6N6O/c7-4-6(8-2-13)10-3-1-9-12-5(3)11-4/h1-2H,(H,8,10,13)(H3,7,9,11,12). The number of nitrogens with zero attached hydrogens (tertiary/aromatic N) is 3. The van der Waals surface area contributed by atoms with Gasteiger partial charge in [0.1, 0.15) is 5.52 Å². The van der Waals surface area contributed by atoms with Crippen LogP contribution in [0.5, 0.6) is 0 Å². The first kappa shape index (κ1) is 7.47. The molecular formula is C6H6N6O. The molecule has 0 spiro atoms. The van der Waals surface area contributed by atoms with Crippen LogP contribution in [0.2, 0.25) is 0 Å². The van der Waals surface area contributed by atoms with Gasteiger partial charge in [0.2, 0.25) is 6.41 Å². The molecule has 2 rings (SSSR count). The maximum Gasteiger partial charge on any atom is 0.212 e. The Labute approximate surface area is 72.4 Å². The van der Waals surface area contributed by atoms with Gasteiger partial charge in [0.15, 0.2) is 17.3 Å². The molecule has 0 aliphatic carbocycles. The molecule has 2 heterocycles. The van der Waals surface area contributed by atoms with Gasteiger partial charge in [-0.3, -0.25) is 9.89 Å². The van der Waals surface area contributed by atoms with Crippen molar-refractivity contribution in [2.75, 3.05) is 11.1 Å². The van der Waals surface area contributed by atoms with E-state index in [9.17, 15) is 4.79 Å². The molecule has 0 saturated heterocycles. The van der Waals surface area contributed by atoms with Crippen LogP contribution in [-0.2, 0) is 4.79 Å². The molecule has 66 valence electrons. The number of aromatic amines is 1. The smallest absolute Gasteiger partial charge is 0.212 e. The molecule has 4 N–H and O–H groups in total. The van der Waals surface area contributed by atoms with Crippen LogP contribution in [-0.4, -0.2) is 26.6 Å². The summed E-state index contributed by atoms with van der Waals surface area (Å²) in [6.45, 7) is 0. The van der Waals surface area contributed by atoms with Crippen molar-refractivity contribution in [2.24, 2.45) is 0 Å². The fourth-order valence-corrected chi connectivity index (χ4v) is 0.950. The van der Waals surface area contributed by atoms with E-state index in [4.69, 9.17) is 5.73 Å². The lowest BCUT2D eigenvalue weighted by atomic mass is 10.5. The molecule has 13 heavy (non-hydrogen) atoms. The summed E-state index contributed by atoms with van der Waals surface area (Å²) < 4.78 is 0. The molecule has 7 nitrogen and oxygen atoms in total. The second kappa shape index (κ2) is 2.70. The molecule has 0 aliphatic rings. The van der Waals surface area contributed by atoms with Crippen LogP contribution < -0.4 is 11.1 Å². The van der Waals surface area contributed by atoms with Crippen molar-refractivity contribution < 1.29 is 4.79 Å². The average Bonchev–Trinajstić information content (AvgIpc) is 2.52. The summed E-state index contributed by atoms with van der Waals surface area (Å²) in [4.78, 5) is 18.1. The third-order valence-electron chi connectivity index (χ3n) is 1.50. The van der Waals surface area contributed by atoms with Gasteiger partial charge < -0.3 is 11.1 Å². The van der Waals surface area contributed by atoms with E-state index in [1.807, 2.05) is 0 Å². The van der Waals surface area contributed by atoms with E-state index in [-0.39, 0.29) is 11.6 Å². The van der Waals surface area contributed by atoms with Crippen molar-refractivity contribution in [3.63, 3.8) is 0 Å². The fourth-order valence-electron chi connectivity index (χ4n) is 0.950. The number of nitrogens with two attached hydrogens (primary N) is 1. The first-order chi connectivity index (χ1) is 6.31. The normalized spacial score (nSPS) is 10.2. The number of nitrogen functional groups attached to an aromatic ring is 1. The summed E-state index contributed by atoms with van der Waals surface area (Å²) in [7, 11) is 0. The van der Waals surface area contributed by atoms with E-state index < -0.39 is 0 Å². The van der Waals surface area contributed by atoms with E-state index in [2.05, 4.69) is 25.5 Å². The third-order valence-corrected chi connectivity index (χ3v) is 1.50. The maximum atomic E-state index is 10.1. The molecule has 7 heteroatoms. The van der Waals surface area contributed by atoms with E-state index >= 15 is 0 Å². The largest absolute Gasteiger partial charge is 0.381 e. The van der Waals surface area contributed by atoms with Gasteiger partial charge in [-0.2, -0.15) is 5.10 Å². The monoisotopic (exact) mass is 178 g/mol. The minimum atomic E-state index is 0.156. The van der Waals surface area contributed by atoms with Crippen LogP contribution in [0, 0.1) is 0 Å².